The number of aliphatic carboxylic acids is 1. The molecule has 3 N–H and O–H groups in total. The number of carboxylic acid groups (broad SMARTS) is 1. The zero-order valence-electron chi connectivity index (χ0n) is 21.1. The van der Waals surface area contributed by atoms with Gasteiger partial charge in [-0.25, -0.2) is 0 Å². The molecule has 4 aliphatic rings. The average molecular weight is 453 g/mol. The highest BCUT2D eigenvalue weighted by Gasteiger charge is 2.67. The Morgan fingerprint density at radius 3 is 2.30 bits per heavy atom. The molecule has 180 valence electrons. The van der Waals surface area contributed by atoms with Crippen LogP contribution in [0.25, 0.3) is 0 Å². The Balaban J connectivity index is 1.63. The second-order valence-corrected chi connectivity index (χ2v) is 13.1. The Bertz CT molecular complexity index is 1090. The zero-order chi connectivity index (χ0) is 24.2. The van der Waals surface area contributed by atoms with Crippen molar-refractivity contribution in [2.24, 2.45) is 27.6 Å². The molecule has 1 aromatic rings. The van der Waals surface area contributed by atoms with Crippen molar-refractivity contribution in [3.05, 3.63) is 34.4 Å². The van der Waals surface area contributed by atoms with E-state index in [0.717, 1.165) is 62.5 Å². The maximum atomic E-state index is 12.3. The molecule has 1 aromatic carbocycles. The number of phenols is 2. The van der Waals surface area contributed by atoms with E-state index >= 15 is 0 Å². The van der Waals surface area contributed by atoms with Crippen LogP contribution < -0.4 is 0 Å². The molecule has 0 aliphatic heterocycles. The van der Waals surface area contributed by atoms with Gasteiger partial charge in [0.15, 0.2) is 11.5 Å². The molecule has 4 aliphatic carbocycles. The fraction of sp³-hybridized carbons (Fsp3) is 0.690. The molecular formula is C29H40O4. The molecule has 5 rings (SSSR count). The van der Waals surface area contributed by atoms with Crippen LogP contribution in [0.3, 0.4) is 0 Å². The lowest BCUT2D eigenvalue weighted by Crippen LogP contribution is -2.62. The van der Waals surface area contributed by atoms with Crippen molar-refractivity contribution in [1.82, 2.24) is 0 Å². The van der Waals surface area contributed by atoms with Gasteiger partial charge >= 0.3 is 5.97 Å². The number of aromatic hydroxyl groups is 2. The van der Waals surface area contributed by atoms with Crippen LogP contribution in [0.2, 0.25) is 0 Å². The van der Waals surface area contributed by atoms with Gasteiger partial charge in [-0.3, -0.25) is 4.79 Å². The van der Waals surface area contributed by atoms with Crippen LogP contribution in [0.5, 0.6) is 11.5 Å². The molecule has 3 saturated carbocycles. The summed E-state index contributed by atoms with van der Waals surface area (Å²) in [5.41, 5.74) is 4.00. The Kier molecular flexibility index (Phi) is 4.55. The molecule has 0 heterocycles. The molecule has 6 atom stereocenters. The summed E-state index contributed by atoms with van der Waals surface area (Å²) in [6.07, 6.45) is 10.0. The smallest absolute Gasteiger partial charge is 0.309 e. The monoisotopic (exact) mass is 452 g/mol. The Morgan fingerprint density at radius 2 is 1.64 bits per heavy atom. The summed E-state index contributed by atoms with van der Waals surface area (Å²) in [5, 5.41) is 30.9. The first-order valence-corrected chi connectivity index (χ1v) is 12.7. The van der Waals surface area contributed by atoms with Crippen LogP contribution in [0.15, 0.2) is 17.7 Å². The maximum Gasteiger partial charge on any atom is 0.309 e. The van der Waals surface area contributed by atoms with E-state index in [-0.39, 0.29) is 33.2 Å². The van der Waals surface area contributed by atoms with E-state index in [9.17, 15) is 20.1 Å². The Hall–Kier alpha value is -1.97. The normalized spacial score (nSPS) is 44.1. The molecule has 0 radical (unpaired) electrons. The first-order valence-electron chi connectivity index (χ1n) is 12.7. The van der Waals surface area contributed by atoms with E-state index in [0.29, 0.717) is 5.92 Å². The fourth-order valence-electron chi connectivity index (χ4n) is 8.89. The number of carbonyl (C=O) groups is 1. The van der Waals surface area contributed by atoms with Crippen molar-refractivity contribution in [2.75, 3.05) is 0 Å². The van der Waals surface area contributed by atoms with Gasteiger partial charge in [0, 0.05) is 5.41 Å². The molecule has 0 spiro atoms. The lowest BCUT2D eigenvalue weighted by Gasteiger charge is -2.69. The summed E-state index contributed by atoms with van der Waals surface area (Å²) in [7, 11) is 0. The Morgan fingerprint density at radius 1 is 0.970 bits per heavy atom. The van der Waals surface area contributed by atoms with Gasteiger partial charge in [0.2, 0.25) is 0 Å². The minimum absolute atomic E-state index is 0.00431. The molecule has 0 amide bonds. The van der Waals surface area contributed by atoms with E-state index in [1.54, 1.807) is 0 Å². The summed E-state index contributed by atoms with van der Waals surface area (Å²) in [4.78, 5) is 12.3. The topological polar surface area (TPSA) is 77.8 Å². The average Bonchev–Trinajstić information content (AvgIpc) is 2.75. The van der Waals surface area contributed by atoms with E-state index in [2.05, 4.69) is 33.8 Å². The molecule has 4 nitrogen and oxygen atoms in total. The van der Waals surface area contributed by atoms with Crippen LogP contribution in [0, 0.1) is 34.5 Å². The highest BCUT2D eigenvalue weighted by atomic mass is 16.4. The molecule has 33 heavy (non-hydrogen) atoms. The number of carboxylic acids is 1. The van der Waals surface area contributed by atoms with Gasteiger partial charge in [0.05, 0.1) is 5.41 Å². The standard InChI is InChI=1S/C29H40O4/c1-17-18-7-8-21-27(4,19(18)15-20(30)23(17)31)12-14-29(6)22-16-26(3,24(32)33)10-9-25(22,2)11-13-28(21,29)5/h8,15,22,30-31H,7,9-14,16H2,1-6H3,(H,32,33)/t22?,25-,26-,27+,28-,29+/m1/s1. The molecule has 0 bridgehead atoms. The second kappa shape index (κ2) is 6.58. The van der Waals surface area contributed by atoms with Crippen molar-refractivity contribution < 1.29 is 20.1 Å². The van der Waals surface area contributed by atoms with Crippen LogP contribution in [-0.4, -0.2) is 21.3 Å². The summed E-state index contributed by atoms with van der Waals surface area (Å²) < 4.78 is 0. The summed E-state index contributed by atoms with van der Waals surface area (Å²) in [6.45, 7) is 13.5. The number of rotatable bonds is 1. The largest absolute Gasteiger partial charge is 0.504 e. The van der Waals surface area contributed by atoms with Crippen LogP contribution in [0.1, 0.15) is 96.3 Å². The Labute approximate surface area is 198 Å². The van der Waals surface area contributed by atoms with Crippen molar-refractivity contribution in [3.8, 4) is 11.5 Å². The lowest BCUT2D eigenvalue weighted by molar-refractivity contribution is -0.177. The van der Waals surface area contributed by atoms with Crippen molar-refractivity contribution in [1.29, 1.82) is 0 Å². The van der Waals surface area contributed by atoms with Gasteiger partial charge < -0.3 is 15.3 Å². The van der Waals surface area contributed by atoms with Crippen molar-refractivity contribution >= 4 is 5.97 Å². The minimum atomic E-state index is -0.641. The minimum Gasteiger partial charge on any atom is -0.504 e. The van der Waals surface area contributed by atoms with E-state index < -0.39 is 11.4 Å². The molecule has 0 saturated heterocycles. The number of hydrogen-bond acceptors (Lipinski definition) is 3. The quantitative estimate of drug-likeness (QED) is 0.329. The SMILES string of the molecule is Cc1c(O)c(O)cc2c1CC=C1[C@@]2(C)CC[C@@]2(C)C3C[C@](C)(C(=O)O)CC[C@]3(C)CC[C@]12C. The van der Waals surface area contributed by atoms with Crippen LogP contribution >= 0.6 is 0 Å². The first-order chi connectivity index (χ1) is 15.2. The molecule has 1 unspecified atom stereocenters. The van der Waals surface area contributed by atoms with Gasteiger partial charge in [-0.2, -0.15) is 0 Å². The van der Waals surface area contributed by atoms with Crippen LogP contribution in [-0.2, 0) is 16.6 Å². The summed E-state index contributed by atoms with van der Waals surface area (Å²) in [5.74, 6) is -0.282. The van der Waals surface area contributed by atoms with Gasteiger partial charge in [-0.1, -0.05) is 39.3 Å². The number of hydrogen-bond donors (Lipinski definition) is 3. The molecule has 0 aromatic heterocycles. The third kappa shape index (κ3) is 2.67. The summed E-state index contributed by atoms with van der Waals surface area (Å²) in [6, 6.07) is 1.81. The highest BCUT2D eigenvalue weighted by molar-refractivity contribution is 5.74. The number of phenolic OH excluding ortho intramolecular Hbond substituents is 2. The van der Waals surface area contributed by atoms with E-state index in [4.69, 9.17) is 0 Å². The lowest BCUT2D eigenvalue weighted by atomic mass is 9.34. The van der Waals surface area contributed by atoms with Gasteiger partial charge in [0.1, 0.15) is 0 Å². The third-order valence-corrected chi connectivity index (χ3v) is 11.6. The van der Waals surface area contributed by atoms with Gasteiger partial charge in [0.25, 0.3) is 0 Å². The van der Waals surface area contributed by atoms with E-state index in [1.165, 1.54) is 11.1 Å². The maximum absolute atomic E-state index is 12.3. The number of allylic oxidation sites excluding steroid dienone is 2. The van der Waals surface area contributed by atoms with Gasteiger partial charge in [-0.05, 0) is 110 Å². The fourth-order valence-corrected chi connectivity index (χ4v) is 8.89. The predicted octanol–water partition coefficient (Wildman–Crippen LogP) is 6.64. The third-order valence-electron chi connectivity index (χ3n) is 11.6. The van der Waals surface area contributed by atoms with Gasteiger partial charge in [-0.15, -0.1) is 0 Å². The van der Waals surface area contributed by atoms with E-state index in [1.807, 2.05) is 19.9 Å². The predicted molar refractivity (Wildman–Crippen MR) is 130 cm³/mol. The zero-order valence-corrected chi connectivity index (χ0v) is 21.1. The highest BCUT2D eigenvalue weighted by Crippen LogP contribution is 2.74. The summed E-state index contributed by atoms with van der Waals surface area (Å²) >= 11 is 0. The molecule has 3 fully saturated rings. The van der Waals surface area contributed by atoms with Crippen molar-refractivity contribution in [3.63, 3.8) is 0 Å². The van der Waals surface area contributed by atoms with Crippen LogP contribution in [0.4, 0.5) is 0 Å². The number of benzene rings is 1. The first kappa shape index (κ1) is 22.8. The molecule has 4 heteroatoms. The second-order valence-electron chi connectivity index (χ2n) is 13.1. The molecular weight excluding hydrogens is 412 g/mol. The number of fused-ring (bicyclic) bond motifs is 7. The van der Waals surface area contributed by atoms with Crippen molar-refractivity contribution in [2.45, 2.75) is 98.3 Å².